The van der Waals surface area contributed by atoms with Gasteiger partial charge in [-0.05, 0) is 0 Å². The summed E-state index contributed by atoms with van der Waals surface area (Å²) in [6.45, 7) is 5.65. The normalized spacial score (nSPS) is 24.4. The van der Waals surface area contributed by atoms with E-state index in [0.29, 0.717) is 5.02 Å². The Balaban J connectivity index is 1.56. The van der Waals surface area contributed by atoms with E-state index >= 15 is 0 Å². The number of nitrogens with two attached hydrogens (primary N) is 1. The first kappa shape index (κ1) is 30.1. The number of aromatic amines is 1. The SMILES string of the molecule is CC(C)OC(=O)[C@H](C)N[PH](O)(OC[C@H]1O[C@@H](c2ncc3c(=O)[nH]c(N)nn23)[C@](C)(O)C1O)Oc1ccc(Cl)cc1. The molecule has 1 saturated heterocycles. The molecule has 3 aromatic rings. The molecular formula is C23H32ClN6O9P. The molecule has 40 heavy (non-hydrogen) atoms. The van der Waals surface area contributed by atoms with Crippen LogP contribution in [0.5, 0.6) is 5.75 Å². The summed E-state index contributed by atoms with van der Waals surface area (Å²) in [5.74, 6) is -0.655. The minimum atomic E-state index is -4.44. The van der Waals surface area contributed by atoms with E-state index in [1.165, 1.54) is 44.3 Å². The number of H-pyrrole nitrogens is 1. The number of aliphatic hydroxyl groups excluding tert-OH is 1. The maximum atomic E-state index is 12.4. The van der Waals surface area contributed by atoms with Crippen LogP contribution in [0.3, 0.4) is 0 Å². The number of rotatable bonds is 10. The van der Waals surface area contributed by atoms with Crippen molar-refractivity contribution >= 4 is 37.1 Å². The molecule has 0 amide bonds. The number of aliphatic hydroxyl groups is 2. The Bertz CT molecular complexity index is 1420. The van der Waals surface area contributed by atoms with E-state index in [2.05, 4.69) is 20.2 Å². The Kier molecular flexibility index (Phi) is 8.68. The van der Waals surface area contributed by atoms with Crippen molar-refractivity contribution in [1.29, 1.82) is 0 Å². The van der Waals surface area contributed by atoms with E-state index in [0.717, 1.165) is 4.52 Å². The van der Waals surface area contributed by atoms with Crippen molar-refractivity contribution in [3.05, 3.63) is 51.7 Å². The van der Waals surface area contributed by atoms with Gasteiger partial charge in [-0.2, -0.15) is 0 Å². The molecule has 3 heterocycles. The molecule has 5 atom stereocenters. The molecule has 0 radical (unpaired) electrons. The second-order valence-electron chi connectivity index (χ2n) is 9.78. The molecule has 0 saturated carbocycles. The fourth-order valence-corrected chi connectivity index (χ4v) is 5.95. The van der Waals surface area contributed by atoms with Gasteiger partial charge in [0.15, 0.2) is 0 Å². The molecule has 0 spiro atoms. The Hall–Kier alpha value is -2.88. The van der Waals surface area contributed by atoms with Gasteiger partial charge >= 0.3 is 234 Å². The molecule has 220 valence electrons. The second kappa shape index (κ2) is 11.5. The Labute approximate surface area is 233 Å². The number of aromatic nitrogens is 4. The predicted molar refractivity (Wildman–Crippen MR) is 145 cm³/mol. The van der Waals surface area contributed by atoms with Crippen LogP contribution in [-0.2, 0) is 18.8 Å². The van der Waals surface area contributed by atoms with E-state index in [1.54, 1.807) is 13.8 Å². The molecule has 17 heteroatoms. The Morgan fingerprint density at radius 2 is 2.02 bits per heavy atom. The van der Waals surface area contributed by atoms with E-state index in [9.17, 15) is 24.7 Å². The van der Waals surface area contributed by atoms with Gasteiger partial charge in [0.25, 0.3) is 0 Å². The molecule has 1 aliphatic heterocycles. The van der Waals surface area contributed by atoms with Crippen molar-refractivity contribution in [2.24, 2.45) is 0 Å². The number of esters is 1. The fourth-order valence-electron chi connectivity index (χ4n) is 4.11. The van der Waals surface area contributed by atoms with Crippen molar-refractivity contribution in [3.8, 4) is 5.75 Å². The summed E-state index contributed by atoms with van der Waals surface area (Å²) >= 11 is 5.94. The van der Waals surface area contributed by atoms with Gasteiger partial charge in [0, 0.05) is 0 Å². The third-order valence-corrected chi connectivity index (χ3v) is 8.21. The maximum absolute atomic E-state index is 12.4. The Morgan fingerprint density at radius 1 is 1.35 bits per heavy atom. The number of halogens is 1. The van der Waals surface area contributed by atoms with Crippen LogP contribution in [0.4, 0.5) is 5.95 Å². The number of ether oxygens (including phenoxy) is 2. The second-order valence-corrected chi connectivity index (χ2v) is 12.2. The topological polar surface area (TPSA) is 216 Å². The number of nitrogens with one attached hydrogen (secondary N) is 2. The molecule has 1 aromatic carbocycles. The molecule has 2 aromatic heterocycles. The summed E-state index contributed by atoms with van der Waals surface area (Å²) in [4.78, 5) is 42.5. The zero-order chi connectivity index (χ0) is 29.4. The van der Waals surface area contributed by atoms with Crippen LogP contribution in [0, 0.1) is 0 Å². The van der Waals surface area contributed by atoms with Gasteiger partial charge in [-0.25, -0.2) is 0 Å². The summed E-state index contributed by atoms with van der Waals surface area (Å²) < 4.78 is 23.7. The van der Waals surface area contributed by atoms with Crippen molar-refractivity contribution in [2.45, 2.75) is 63.8 Å². The van der Waals surface area contributed by atoms with Gasteiger partial charge in [0.05, 0.1) is 0 Å². The molecule has 1 aliphatic rings. The quantitative estimate of drug-likeness (QED) is 0.139. The molecule has 0 aliphatic carbocycles. The number of hydrogen-bond acceptors (Lipinski definition) is 13. The Morgan fingerprint density at radius 3 is 2.67 bits per heavy atom. The van der Waals surface area contributed by atoms with Crippen LogP contribution in [-0.4, -0.2) is 77.2 Å². The first-order valence-electron chi connectivity index (χ1n) is 12.3. The van der Waals surface area contributed by atoms with Crippen LogP contribution in [0.1, 0.15) is 39.6 Å². The summed E-state index contributed by atoms with van der Waals surface area (Å²) in [5, 5.41) is 29.2. The first-order chi connectivity index (χ1) is 18.7. The van der Waals surface area contributed by atoms with Crippen molar-refractivity contribution < 1.29 is 38.4 Å². The van der Waals surface area contributed by atoms with Crippen LogP contribution in [0.2, 0.25) is 5.02 Å². The van der Waals surface area contributed by atoms with Crippen molar-refractivity contribution in [2.75, 3.05) is 12.3 Å². The number of nitrogens with zero attached hydrogens (tertiary/aromatic N) is 3. The first-order valence-corrected chi connectivity index (χ1v) is 14.4. The van der Waals surface area contributed by atoms with Gasteiger partial charge in [-0.1, -0.05) is 0 Å². The molecule has 1 unspecified atom stereocenters. The van der Waals surface area contributed by atoms with Crippen LogP contribution >= 0.6 is 19.7 Å². The van der Waals surface area contributed by atoms with E-state index < -0.39 is 62.3 Å². The van der Waals surface area contributed by atoms with E-state index in [4.69, 9.17) is 35.9 Å². The van der Waals surface area contributed by atoms with Gasteiger partial charge in [0.1, 0.15) is 0 Å². The number of carbonyl (C=O) groups excluding carboxylic acids is 1. The summed E-state index contributed by atoms with van der Waals surface area (Å²) in [6, 6.07) is 5.02. The minimum absolute atomic E-state index is 0.00690. The van der Waals surface area contributed by atoms with Gasteiger partial charge in [-0.3, -0.25) is 0 Å². The predicted octanol–water partition coefficient (Wildman–Crippen LogP) is 0.633. The molecular weight excluding hydrogens is 571 g/mol. The van der Waals surface area contributed by atoms with Crippen molar-refractivity contribution in [3.63, 3.8) is 0 Å². The molecule has 15 nitrogen and oxygen atoms in total. The fraction of sp³-hybridized carbons (Fsp3) is 0.478. The molecule has 4 rings (SSSR count). The van der Waals surface area contributed by atoms with Gasteiger partial charge in [0.2, 0.25) is 0 Å². The zero-order valence-electron chi connectivity index (χ0n) is 22.1. The summed E-state index contributed by atoms with van der Waals surface area (Å²) in [5.41, 5.74) is 3.22. The van der Waals surface area contributed by atoms with Gasteiger partial charge < -0.3 is 0 Å². The zero-order valence-corrected chi connectivity index (χ0v) is 23.8. The van der Waals surface area contributed by atoms with Crippen LogP contribution < -0.4 is 20.9 Å². The van der Waals surface area contributed by atoms with Gasteiger partial charge in [-0.15, -0.1) is 0 Å². The van der Waals surface area contributed by atoms with E-state index in [-0.39, 0.29) is 23.0 Å². The average Bonchev–Trinajstić information content (AvgIpc) is 3.37. The summed E-state index contributed by atoms with van der Waals surface area (Å²) in [6.07, 6.45) is -3.19. The molecule has 0 bridgehead atoms. The summed E-state index contributed by atoms with van der Waals surface area (Å²) in [7, 11) is -4.44. The monoisotopic (exact) mass is 602 g/mol. The number of nitrogen functional groups attached to an aromatic ring is 1. The average molecular weight is 603 g/mol. The number of benzene rings is 1. The number of hydrogen-bond donors (Lipinski definition) is 6. The number of fused-ring (bicyclic) bond motifs is 1. The number of imidazole rings is 1. The third-order valence-electron chi connectivity index (χ3n) is 6.09. The van der Waals surface area contributed by atoms with Crippen LogP contribution in [0.15, 0.2) is 35.3 Å². The van der Waals surface area contributed by atoms with E-state index in [1.807, 2.05) is 0 Å². The number of carbonyl (C=O) groups is 1. The van der Waals surface area contributed by atoms with Crippen LogP contribution in [0.25, 0.3) is 5.52 Å². The number of anilines is 1. The third kappa shape index (κ3) is 6.37. The standard InChI is InChI=1S/C23H32ClN6O9P/c1-11(2)37-21(33)12(3)29-40(35,39-14-7-5-13(24)6-8-14)36-10-16-17(31)23(4,34)18(38-16)19-26-9-15-20(32)27-22(25)28-30(15)19/h5-9,11-12,16-18,29,31,34-35,40H,10H2,1-4H3,(H3,25,27,28,32)/t12-,16+,17?,18-,23+/m0/s1. The molecule has 7 N–H and O–H groups in total. The van der Waals surface area contributed by atoms with Crippen molar-refractivity contribution in [1.82, 2.24) is 24.7 Å². The molecule has 1 fully saturated rings.